The highest BCUT2D eigenvalue weighted by molar-refractivity contribution is 5.88. The molecule has 0 spiro atoms. The van der Waals surface area contributed by atoms with Crippen molar-refractivity contribution < 1.29 is 18.0 Å². The molecule has 1 aliphatic heterocycles. The third kappa shape index (κ3) is 3.98. The summed E-state index contributed by atoms with van der Waals surface area (Å²) in [6.45, 7) is 1.94. The Labute approximate surface area is 168 Å². The van der Waals surface area contributed by atoms with Crippen LogP contribution in [-0.2, 0) is 10.2 Å². The van der Waals surface area contributed by atoms with Crippen molar-refractivity contribution in [2.24, 2.45) is 5.92 Å². The number of halogens is 3. The average Bonchev–Trinajstić information content (AvgIpc) is 3.39. The standard InChI is InChI=1S/C23H25F3N2O/c24-18-5-3-4-17(12-18)23(9-1-2-10-23)22(29)27-14-16-8-11-28(15-16)19-6-7-20(25)21(26)13-19/h3-7,12-13,16H,1-2,8-11,14-15H2,(H,27,29). The number of hydrogen-bond acceptors (Lipinski definition) is 2. The van der Waals surface area contributed by atoms with Crippen LogP contribution in [0.3, 0.4) is 0 Å². The molecule has 1 amide bonds. The second kappa shape index (κ2) is 8.09. The van der Waals surface area contributed by atoms with E-state index >= 15 is 0 Å². The first-order valence-electron chi connectivity index (χ1n) is 10.2. The number of carbonyl (C=O) groups excluding carboxylic acids is 1. The summed E-state index contributed by atoms with van der Waals surface area (Å²) in [6, 6.07) is 10.3. The second-order valence-electron chi connectivity index (χ2n) is 8.21. The molecule has 1 saturated heterocycles. The third-order valence-corrected chi connectivity index (χ3v) is 6.37. The van der Waals surface area contributed by atoms with E-state index in [9.17, 15) is 18.0 Å². The van der Waals surface area contributed by atoms with Gasteiger partial charge in [0.15, 0.2) is 11.6 Å². The zero-order valence-corrected chi connectivity index (χ0v) is 16.3. The lowest BCUT2D eigenvalue weighted by molar-refractivity contribution is -0.126. The van der Waals surface area contributed by atoms with Crippen molar-refractivity contribution in [3.63, 3.8) is 0 Å². The zero-order valence-electron chi connectivity index (χ0n) is 16.3. The number of hydrogen-bond donors (Lipinski definition) is 1. The van der Waals surface area contributed by atoms with Crippen LogP contribution < -0.4 is 10.2 Å². The van der Waals surface area contributed by atoms with Gasteiger partial charge in [-0.1, -0.05) is 25.0 Å². The molecule has 2 aliphatic rings. The van der Waals surface area contributed by atoms with Crippen molar-refractivity contribution in [3.05, 3.63) is 65.5 Å². The van der Waals surface area contributed by atoms with Crippen molar-refractivity contribution in [2.75, 3.05) is 24.5 Å². The summed E-state index contributed by atoms with van der Waals surface area (Å²) in [5, 5.41) is 3.10. The van der Waals surface area contributed by atoms with Crippen molar-refractivity contribution in [1.82, 2.24) is 5.32 Å². The van der Waals surface area contributed by atoms with E-state index in [-0.39, 0.29) is 17.6 Å². The Hall–Kier alpha value is -2.50. The maximum Gasteiger partial charge on any atom is 0.230 e. The predicted molar refractivity (Wildman–Crippen MR) is 106 cm³/mol. The third-order valence-electron chi connectivity index (χ3n) is 6.37. The highest BCUT2D eigenvalue weighted by atomic mass is 19.2. The minimum absolute atomic E-state index is 0.0353. The fraction of sp³-hybridized carbons (Fsp3) is 0.435. The number of rotatable bonds is 5. The van der Waals surface area contributed by atoms with Crippen LogP contribution in [0.5, 0.6) is 0 Å². The first-order chi connectivity index (χ1) is 14.0. The molecule has 4 rings (SSSR count). The van der Waals surface area contributed by atoms with Gasteiger partial charge in [0.05, 0.1) is 5.41 Å². The summed E-state index contributed by atoms with van der Waals surface area (Å²) < 4.78 is 40.4. The van der Waals surface area contributed by atoms with Crippen molar-refractivity contribution in [1.29, 1.82) is 0 Å². The van der Waals surface area contributed by atoms with Crippen LogP contribution in [0.1, 0.15) is 37.7 Å². The van der Waals surface area contributed by atoms with Gasteiger partial charge in [-0.15, -0.1) is 0 Å². The number of amides is 1. The fourth-order valence-electron chi connectivity index (χ4n) is 4.73. The van der Waals surface area contributed by atoms with Gasteiger partial charge in [-0.25, -0.2) is 13.2 Å². The summed E-state index contributed by atoms with van der Waals surface area (Å²) in [5.41, 5.74) is 0.757. The molecule has 1 saturated carbocycles. The first-order valence-corrected chi connectivity index (χ1v) is 10.2. The van der Waals surface area contributed by atoms with Crippen LogP contribution >= 0.6 is 0 Å². The van der Waals surface area contributed by atoms with E-state index in [1.54, 1.807) is 12.1 Å². The maximum atomic E-state index is 13.8. The van der Waals surface area contributed by atoms with E-state index in [0.717, 1.165) is 50.3 Å². The van der Waals surface area contributed by atoms with E-state index in [1.165, 1.54) is 18.2 Å². The molecule has 0 bridgehead atoms. The van der Waals surface area contributed by atoms with Crippen LogP contribution in [-0.4, -0.2) is 25.5 Å². The smallest absolute Gasteiger partial charge is 0.230 e. The molecule has 1 unspecified atom stereocenters. The van der Waals surface area contributed by atoms with Crippen LogP contribution in [0.15, 0.2) is 42.5 Å². The molecule has 154 valence electrons. The Morgan fingerprint density at radius 1 is 1.07 bits per heavy atom. The van der Waals surface area contributed by atoms with Crippen LogP contribution in [0, 0.1) is 23.4 Å². The molecule has 3 nitrogen and oxygen atoms in total. The molecule has 0 radical (unpaired) electrons. The lowest BCUT2D eigenvalue weighted by Crippen LogP contribution is -2.44. The number of carbonyl (C=O) groups is 1. The molecule has 1 atom stereocenters. The van der Waals surface area contributed by atoms with Crippen LogP contribution in [0.25, 0.3) is 0 Å². The van der Waals surface area contributed by atoms with E-state index in [2.05, 4.69) is 5.32 Å². The molecule has 2 fully saturated rings. The SMILES string of the molecule is O=C(NCC1CCN(c2ccc(F)c(F)c2)C1)C1(c2cccc(F)c2)CCCC1. The normalized spacial score (nSPS) is 20.8. The van der Waals surface area contributed by atoms with Gasteiger partial charge in [0, 0.05) is 31.4 Å². The summed E-state index contributed by atoms with van der Waals surface area (Å²) in [5.74, 6) is -1.82. The molecular formula is C23H25F3N2O. The lowest BCUT2D eigenvalue weighted by atomic mass is 9.78. The van der Waals surface area contributed by atoms with Crippen LogP contribution in [0.2, 0.25) is 0 Å². The van der Waals surface area contributed by atoms with Crippen molar-refractivity contribution >= 4 is 11.6 Å². The van der Waals surface area contributed by atoms with Crippen molar-refractivity contribution in [3.8, 4) is 0 Å². The molecular weight excluding hydrogens is 377 g/mol. The van der Waals surface area contributed by atoms with Crippen LogP contribution in [0.4, 0.5) is 18.9 Å². The Bertz CT molecular complexity index is 895. The quantitative estimate of drug-likeness (QED) is 0.795. The number of anilines is 1. The molecule has 1 aliphatic carbocycles. The number of nitrogens with zero attached hydrogens (tertiary/aromatic N) is 1. The van der Waals surface area contributed by atoms with Gasteiger partial charge in [-0.2, -0.15) is 0 Å². The van der Waals surface area contributed by atoms with Crippen molar-refractivity contribution in [2.45, 2.75) is 37.5 Å². The fourth-order valence-corrected chi connectivity index (χ4v) is 4.73. The number of benzene rings is 2. The molecule has 0 aromatic heterocycles. The minimum Gasteiger partial charge on any atom is -0.371 e. The van der Waals surface area contributed by atoms with Gasteiger partial charge in [0.1, 0.15) is 5.82 Å². The Kier molecular flexibility index (Phi) is 5.52. The molecule has 29 heavy (non-hydrogen) atoms. The summed E-state index contributed by atoms with van der Waals surface area (Å²) in [7, 11) is 0. The molecule has 2 aromatic rings. The van der Waals surface area contributed by atoms with Gasteiger partial charge in [0.2, 0.25) is 5.91 Å². The zero-order chi connectivity index (χ0) is 20.4. The highest BCUT2D eigenvalue weighted by Gasteiger charge is 2.43. The van der Waals surface area contributed by atoms with Gasteiger partial charge >= 0.3 is 0 Å². The molecule has 6 heteroatoms. The molecule has 1 heterocycles. The minimum atomic E-state index is -0.851. The lowest BCUT2D eigenvalue weighted by Gasteiger charge is -2.29. The summed E-state index contributed by atoms with van der Waals surface area (Å²) in [4.78, 5) is 15.1. The molecule has 2 aromatic carbocycles. The number of nitrogens with one attached hydrogen (secondary N) is 1. The largest absolute Gasteiger partial charge is 0.371 e. The Morgan fingerprint density at radius 3 is 2.59 bits per heavy atom. The first kappa shape index (κ1) is 19.8. The maximum absolute atomic E-state index is 13.8. The summed E-state index contributed by atoms with van der Waals surface area (Å²) in [6.07, 6.45) is 4.24. The van der Waals surface area contributed by atoms with E-state index < -0.39 is 17.0 Å². The Balaban J connectivity index is 1.39. The topological polar surface area (TPSA) is 32.3 Å². The van der Waals surface area contributed by atoms with Gasteiger partial charge in [0.25, 0.3) is 0 Å². The van der Waals surface area contributed by atoms with E-state index in [0.29, 0.717) is 18.8 Å². The monoisotopic (exact) mass is 402 g/mol. The molecule has 1 N–H and O–H groups in total. The van der Waals surface area contributed by atoms with E-state index in [4.69, 9.17) is 0 Å². The summed E-state index contributed by atoms with van der Waals surface area (Å²) >= 11 is 0. The highest BCUT2D eigenvalue weighted by Crippen LogP contribution is 2.41. The van der Waals surface area contributed by atoms with Gasteiger partial charge in [-0.05, 0) is 55.0 Å². The predicted octanol–water partition coefficient (Wildman–Crippen LogP) is 4.56. The van der Waals surface area contributed by atoms with Gasteiger partial charge < -0.3 is 10.2 Å². The Morgan fingerprint density at radius 2 is 1.86 bits per heavy atom. The van der Waals surface area contributed by atoms with Gasteiger partial charge in [-0.3, -0.25) is 4.79 Å². The second-order valence-corrected chi connectivity index (χ2v) is 8.21. The van der Waals surface area contributed by atoms with E-state index in [1.807, 2.05) is 11.0 Å². The average molecular weight is 402 g/mol.